The molecule has 6 nitrogen and oxygen atoms in total. The zero-order valence-electron chi connectivity index (χ0n) is 16.6. The molecule has 5 rings (SSSR count). The van der Waals surface area contributed by atoms with Gasteiger partial charge in [-0.15, -0.1) is 11.3 Å². The molecule has 152 valence electrons. The van der Waals surface area contributed by atoms with Crippen LogP contribution in [0.25, 0.3) is 33.6 Å². The summed E-state index contributed by atoms with van der Waals surface area (Å²) in [6.07, 6.45) is 3.27. The molecule has 0 aliphatic carbocycles. The van der Waals surface area contributed by atoms with Crippen molar-refractivity contribution in [1.82, 2.24) is 14.8 Å². The number of fused-ring (bicyclic) bond motifs is 1. The minimum absolute atomic E-state index is 0.237. The largest absolute Gasteiger partial charge is 0.454 e. The van der Waals surface area contributed by atoms with E-state index in [1.165, 1.54) is 17.4 Å². The van der Waals surface area contributed by atoms with Gasteiger partial charge in [-0.3, -0.25) is 4.79 Å². The van der Waals surface area contributed by atoms with Crippen LogP contribution in [-0.4, -0.2) is 20.7 Å². The van der Waals surface area contributed by atoms with Gasteiger partial charge in [-0.2, -0.15) is 9.78 Å². The number of hydrogen-bond acceptors (Lipinski definition) is 5. The SMILES string of the molecule is Cc1cc(NC(=O)/C=C/c2ccccc2)n(-c2nc(-c3cc4ccccc4o3)cs2)n1. The molecular weight excluding hydrogens is 408 g/mol. The van der Waals surface area contributed by atoms with Gasteiger partial charge < -0.3 is 9.73 Å². The number of nitrogens with one attached hydrogen (secondary N) is 1. The highest BCUT2D eigenvalue weighted by Gasteiger charge is 2.15. The van der Waals surface area contributed by atoms with Crippen molar-refractivity contribution >= 4 is 40.1 Å². The lowest BCUT2D eigenvalue weighted by atomic mass is 10.2. The van der Waals surface area contributed by atoms with Crippen LogP contribution < -0.4 is 5.32 Å². The summed E-state index contributed by atoms with van der Waals surface area (Å²) in [5.74, 6) is 1.02. The number of hydrogen-bond donors (Lipinski definition) is 1. The third-order valence-corrected chi connectivity index (χ3v) is 5.48. The summed E-state index contributed by atoms with van der Waals surface area (Å²) in [7, 11) is 0. The summed E-state index contributed by atoms with van der Waals surface area (Å²) >= 11 is 1.43. The van der Waals surface area contributed by atoms with Crippen LogP contribution in [0.2, 0.25) is 0 Å². The summed E-state index contributed by atoms with van der Waals surface area (Å²) in [6, 6.07) is 21.3. The number of amides is 1. The molecule has 0 aliphatic heterocycles. The lowest BCUT2D eigenvalue weighted by Gasteiger charge is -2.04. The Kier molecular flexibility index (Phi) is 4.93. The van der Waals surface area contributed by atoms with E-state index in [1.54, 1.807) is 10.8 Å². The van der Waals surface area contributed by atoms with Crippen molar-refractivity contribution in [3.63, 3.8) is 0 Å². The highest BCUT2D eigenvalue weighted by atomic mass is 32.1. The number of nitrogens with zero attached hydrogens (tertiary/aromatic N) is 3. The number of thiazole rings is 1. The predicted octanol–water partition coefficient (Wildman–Crippen LogP) is 5.70. The molecule has 0 unspecified atom stereocenters. The standard InChI is InChI=1S/C24H18N4O2S/c1-16-13-22(26-23(29)12-11-17-7-3-2-4-8-17)28(27-16)24-25-19(15-31-24)21-14-18-9-5-6-10-20(18)30-21/h2-15H,1H3,(H,26,29)/b12-11+. The van der Waals surface area contributed by atoms with Crippen LogP contribution in [0.4, 0.5) is 5.82 Å². The second-order valence-electron chi connectivity index (χ2n) is 6.98. The number of carbonyl (C=O) groups excluding carboxylic acids is 1. The first-order chi connectivity index (χ1) is 15.2. The van der Waals surface area contributed by atoms with Gasteiger partial charge in [0.15, 0.2) is 5.76 Å². The molecular formula is C24H18N4O2S. The van der Waals surface area contributed by atoms with Gasteiger partial charge in [-0.05, 0) is 30.7 Å². The Balaban J connectivity index is 1.39. The van der Waals surface area contributed by atoms with Gasteiger partial charge in [0.2, 0.25) is 11.0 Å². The van der Waals surface area contributed by atoms with Gasteiger partial charge in [0.05, 0.1) is 5.69 Å². The van der Waals surface area contributed by atoms with Crippen molar-refractivity contribution < 1.29 is 9.21 Å². The Labute approximate surface area is 182 Å². The highest BCUT2D eigenvalue weighted by molar-refractivity contribution is 7.12. The predicted molar refractivity (Wildman–Crippen MR) is 123 cm³/mol. The molecule has 0 spiro atoms. The lowest BCUT2D eigenvalue weighted by Crippen LogP contribution is -2.12. The molecule has 3 heterocycles. The minimum atomic E-state index is -0.237. The van der Waals surface area contributed by atoms with Gasteiger partial charge in [0.25, 0.3) is 0 Å². The van der Waals surface area contributed by atoms with Crippen LogP contribution in [0.3, 0.4) is 0 Å². The van der Waals surface area contributed by atoms with E-state index >= 15 is 0 Å². The molecule has 0 fully saturated rings. The zero-order valence-corrected chi connectivity index (χ0v) is 17.5. The van der Waals surface area contributed by atoms with Gasteiger partial charge in [0.1, 0.15) is 17.1 Å². The first kappa shape index (κ1) is 19.0. The molecule has 1 N–H and O–H groups in total. The Hall–Kier alpha value is -3.97. The number of aromatic nitrogens is 3. The molecule has 31 heavy (non-hydrogen) atoms. The summed E-state index contributed by atoms with van der Waals surface area (Å²) in [5, 5.41) is 11.0. The number of carbonyl (C=O) groups is 1. The summed E-state index contributed by atoms with van der Waals surface area (Å²) in [4.78, 5) is 17.1. The summed E-state index contributed by atoms with van der Waals surface area (Å²) in [6.45, 7) is 1.87. The normalized spacial score (nSPS) is 11.4. The van der Waals surface area contributed by atoms with Gasteiger partial charge in [-0.25, -0.2) is 4.98 Å². The van der Waals surface area contributed by atoms with Crippen molar-refractivity contribution in [2.24, 2.45) is 0 Å². The minimum Gasteiger partial charge on any atom is -0.454 e. The third kappa shape index (κ3) is 4.04. The molecule has 0 atom stereocenters. The molecule has 1 amide bonds. The number of para-hydroxylation sites is 1. The monoisotopic (exact) mass is 426 g/mol. The second kappa shape index (κ2) is 8.04. The molecule has 5 aromatic rings. The van der Waals surface area contributed by atoms with Crippen LogP contribution in [-0.2, 0) is 4.79 Å². The Morgan fingerprint density at radius 3 is 2.74 bits per heavy atom. The van der Waals surface area contributed by atoms with E-state index in [2.05, 4.69) is 15.4 Å². The van der Waals surface area contributed by atoms with E-state index in [4.69, 9.17) is 4.42 Å². The van der Waals surface area contributed by atoms with Crippen molar-refractivity contribution in [2.75, 3.05) is 5.32 Å². The number of benzene rings is 2. The molecule has 0 saturated heterocycles. The van der Waals surface area contributed by atoms with Crippen molar-refractivity contribution in [1.29, 1.82) is 0 Å². The van der Waals surface area contributed by atoms with Crippen LogP contribution in [0.5, 0.6) is 0 Å². The summed E-state index contributed by atoms with van der Waals surface area (Å²) < 4.78 is 7.55. The Bertz CT molecular complexity index is 1360. The molecule has 0 radical (unpaired) electrons. The first-order valence-corrected chi connectivity index (χ1v) is 10.6. The molecule has 0 bridgehead atoms. The van der Waals surface area contributed by atoms with E-state index in [0.717, 1.165) is 27.9 Å². The maximum atomic E-state index is 12.4. The molecule has 0 saturated carbocycles. The van der Waals surface area contributed by atoms with Gasteiger partial charge in [-0.1, -0.05) is 48.5 Å². The van der Waals surface area contributed by atoms with Gasteiger partial charge >= 0.3 is 0 Å². The fraction of sp³-hybridized carbons (Fsp3) is 0.0417. The van der Waals surface area contributed by atoms with Crippen LogP contribution in [0.15, 0.2) is 82.6 Å². The fourth-order valence-corrected chi connectivity index (χ4v) is 4.00. The fourth-order valence-electron chi connectivity index (χ4n) is 3.22. The van der Waals surface area contributed by atoms with Crippen LogP contribution in [0, 0.1) is 6.92 Å². The Morgan fingerprint density at radius 2 is 1.90 bits per heavy atom. The van der Waals surface area contributed by atoms with Crippen molar-refractivity contribution in [2.45, 2.75) is 6.92 Å². The summed E-state index contributed by atoms with van der Waals surface area (Å²) in [5.41, 5.74) is 3.28. The maximum Gasteiger partial charge on any atom is 0.249 e. The van der Waals surface area contributed by atoms with Crippen molar-refractivity contribution in [3.8, 4) is 16.6 Å². The van der Waals surface area contributed by atoms with Crippen LogP contribution in [0.1, 0.15) is 11.3 Å². The smallest absolute Gasteiger partial charge is 0.249 e. The number of aryl methyl sites for hydroxylation is 1. The highest BCUT2D eigenvalue weighted by Crippen LogP contribution is 2.30. The van der Waals surface area contributed by atoms with E-state index in [-0.39, 0.29) is 5.91 Å². The van der Waals surface area contributed by atoms with E-state index in [9.17, 15) is 4.79 Å². The van der Waals surface area contributed by atoms with Crippen LogP contribution >= 0.6 is 11.3 Å². The van der Waals surface area contributed by atoms with E-state index < -0.39 is 0 Å². The van der Waals surface area contributed by atoms with Gasteiger partial charge in [0, 0.05) is 22.9 Å². The van der Waals surface area contributed by atoms with E-state index in [0.29, 0.717) is 16.7 Å². The quantitative estimate of drug-likeness (QED) is 0.366. The number of furan rings is 1. The molecule has 7 heteroatoms. The average Bonchev–Trinajstić information content (AvgIpc) is 3.50. The number of anilines is 1. The molecule has 0 aliphatic rings. The lowest BCUT2D eigenvalue weighted by molar-refractivity contribution is -0.111. The molecule has 3 aromatic heterocycles. The molecule has 2 aromatic carbocycles. The Morgan fingerprint density at radius 1 is 1.10 bits per heavy atom. The average molecular weight is 427 g/mol. The van der Waals surface area contributed by atoms with E-state index in [1.807, 2.05) is 79.0 Å². The maximum absolute atomic E-state index is 12.4. The van der Waals surface area contributed by atoms with Crippen molar-refractivity contribution in [3.05, 3.63) is 89.4 Å². The third-order valence-electron chi connectivity index (χ3n) is 4.66. The number of rotatable bonds is 5. The topological polar surface area (TPSA) is 73.0 Å². The zero-order chi connectivity index (χ0) is 21.2. The second-order valence-corrected chi connectivity index (χ2v) is 7.82. The first-order valence-electron chi connectivity index (χ1n) is 9.71.